The summed E-state index contributed by atoms with van der Waals surface area (Å²) in [6.07, 6.45) is 1.51. The van der Waals surface area contributed by atoms with E-state index in [0.29, 0.717) is 28.3 Å². The van der Waals surface area contributed by atoms with E-state index in [1.54, 1.807) is 30.3 Å². The lowest BCUT2D eigenvalue weighted by Gasteiger charge is -2.13. The maximum absolute atomic E-state index is 12.2. The van der Waals surface area contributed by atoms with Gasteiger partial charge in [-0.05, 0) is 83.6 Å². The standard InChI is InChI=1S/C24H21BrIN3O4/c1-15-3-9-19(10-4-15)28-22(30)14-33-23-20(26)11-16(12-21(23)32-2)13-27-29-24(31)17-5-7-18(25)8-6-17/h3-13H,14H2,1-2H3,(H,28,30)(H,29,31)/b27-13+. The topological polar surface area (TPSA) is 89.0 Å². The molecule has 33 heavy (non-hydrogen) atoms. The van der Waals surface area contributed by atoms with Gasteiger partial charge in [0.25, 0.3) is 11.8 Å². The van der Waals surface area contributed by atoms with E-state index in [9.17, 15) is 9.59 Å². The fourth-order valence-electron chi connectivity index (χ4n) is 2.76. The number of halogens is 2. The third-order valence-electron chi connectivity index (χ3n) is 4.42. The van der Waals surface area contributed by atoms with Gasteiger partial charge >= 0.3 is 0 Å². The van der Waals surface area contributed by atoms with Crippen molar-refractivity contribution in [2.24, 2.45) is 5.10 Å². The van der Waals surface area contributed by atoms with E-state index in [-0.39, 0.29) is 18.4 Å². The smallest absolute Gasteiger partial charge is 0.271 e. The van der Waals surface area contributed by atoms with Crippen molar-refractivity contribution < 1.29 is 19.1 Å². The predicted molar refractivity (Wildman–Crippen MR) is 140 cm³/mol. The number of nitrogens with zero attached hydrogens (tertiary/aromatic N) is 1. The van der Waals surface area contributed by atoms with Crippen molar-refractivity contribution in [1.29, 1.82) is 0 Å². The maximum Gasteiger partial charge on any atom is 0.271 e. The minimum absolute atomic E-state index is 0.170. The number of nitrogens with one attached hydrogen (secondary N) is 2. The highest BCUT2D eigenvalue weighted by Gasteiger charge is 2.13. The molecule has 0 saturated heterocycles. The third kappa shape index (κ3) is 7.29. The number of methoxy groups -OCH3 is 1. The van der Waals surface area contributed by atoms with Crippen LogP contribution in [-0.4, -0.2) is 31.7 Å². The highest BCUT2D eigenvalue weighted by molar-refractivity contribution is 14.1. The summed E-state index contributed by atoms with van der Waals surface area (Å²) in [5.74, 6) is 0.303. The van der Waals surface area contributed by atoms with E-state index in [4.69, 9.17) is 9.47 Å². The Labute approximate surface area is 213 Å². The molecular weight excluding hydrogens is 601 g/mol. The Bertz CT molecular complexity index is 1170. The van der Waals surface area contributed by atoms with Crippen LogP contribution in [0, 0.1) is 10.5 Å². The number of hydrazone groups is 1. The highest BCUT2D eigenvalue weighted by atomic mass is 127. The first-order valence-electron chi connectivity index (χ1n) is 9.81. The van der Waals surface area contributed by atoms with Crippen molar-refractivity contribution in [3.8, 4) is 11.5 Å². The molecule has 9 heteroatoms. The van der Waals surface area contributed by atoms with Crippen LogP contribution in [-0.2, 0) is 4.79 Å². The second kappa shape index (κ2) is 11.8. The van der Waals surface area contributed by atoms with Crippen LogP contribution in [0.2, 0.25) is 0 Å². The van der Waals surface area contributed by atoms with Gasteiger partial charge in [0.15, 0.2) is 18.1 Å². The van der Waals surface area contributed by atoms with Crippen LogP contribution < -0.4 is 20.2 Å². The summed E-state index contributed by atoms with van der Waals surface area (Å²) in [7, 11) is 1.51. The Balaban J connectivity index is 1.62. The number of rotatable bonds is 8. The second-order valence-corrected chi connectivity index (χ2v) is 9.02. The molecule has 0 unspecified atom stereocenters. The van der Waals surface area contributed by atoms with Crippen LogP contribution in [0.25, 0.3) is 0 Å². The SMILES string of the molecule is COc1cc(/C=N/NC(=O)c2ccc(Br)cc2)cc(I)c1OCC(=O)Nc1ccc(C)cc1. The number of benzene rings is 3. The van der Waals surface area contributed by atoms with Gasteiger partial charge in [0.1, 0.15) is 0 Å². The number of hydrogen-bond donors (Lipinski definition) is 2. The largest absolute Gasteiger partial charge is 0.493 e. The molecule has 0 atom stereocenters. The van der Waals surface area contributed by atoms with Gasteiger partial charge < -0.3 is 14.8 Å². The molecule has 0 aromatic heterocycles. The Kier molecular flexibility index (Phi) is 8.84. The predicted octanol–water partition coefficient (Wildman–Crippen LogP) is 5.15. The molecular formula is C24H21BrIN3O4. The Hall–Kier alpha value is -2.92. The zero-order chi connectivity index (χ0) is 23.8. The number of aryl methyl sites for hydroxylation is 1. The number of carbonyl (C=O) groups excluding carboxylic acids is 2. The summed E-state index contributed by atoms with van der Waals surface area (Å²) in [5.41, 5.74) is 5.50. The summed E-state index contributed by atoms with van der Waals surface area (Å²) >= 11 is 5.43. The second-order valence-electron chi connectivity index (χ2n) is 6.94. The molecule has 3 aromatic rings. The van der Waals surface area contributed by atoms with E-state index in [1.165, 1.54) is 13.3 Å². The van der Waals surface area contributed by atoms with Gasteiger partial charge in [-0.15, -0.1) is 0 Å². The van der Waals surface area contributed by atoms with Gasteiger partial charge in [-0.1, -0.05) is 33.6 Å². The number of amides is 2. The molecule has 0 aliphatic heterocycles. The Morgan fingerprint density at radius 1 is 1.09 bits per heavy atom. The van der Waals surface area contributed by atoms with E-state index < -0.39 is 0 Å². The molecule has 0 heterocycles. The number of anilines is 1. The lowest BCUT2D eigenvalue weighted by Crippen LogP contribution is -2.20. The van der Waals surface area contributed by atoms with Crippen LogP contribution in [0.5, 0.6) is 11.5 Å². The van der Waals surface area contributed by atoms with Crippen molar-refractivity contribution in [2.45, 2.75) is 6.92 Å². The van der Waals surface area contributed by atoms with Crippen molar-refractivity contribution in [3.63, 3.8) is 0 Å². The normalized spacial score (nSPS) is 10.7. The average molecular weight is 622 g/mol. The first kappa shape index (κ1) is 24.7. The van der Waals surface area contributed by atoms with Crippen LogP contribution in [0.3, 0.4) is 0 Å². The first-order valence-corrected chi connectivity index (χ1v) is 11.7. The van der Waals surface area contributed by atoms with Crippen LogP contribution in [0.1, 0.15) is 21.5 Å². The average Bonchev–Trinajstić information content (AvgIpc) is 2.80. The molecule has 0 radical (unpaired) electrons. The summed E-state index contributed by atoms with van der Waals surface area (Å²) in [5, 5.41) is 6.81. The van der Waals surface area contributed by atoms with E-state index in [2.05, 4.69) is 54.4 Å². The van der Waals surface area contributed by atoms with E-state index in [1.807, 2.05) is 37.3 Å². The lowest BCUT2D eigenvalue weighted by molar-refractivity contribution is -0.118. The number of carbonyl (C=O) groups is 2. The molecule has 2 amide bonds. The maximum atomic E-state index is 12.2. The quantitative estimate of drug-likeness (QED) is 0.207. The van der Waals surface area contributed by atoms with Crippen LogP contribution in [0.15, 0.2) is 70.2 Å². The summed E-state index contributed by atoms with van der Waals surface area (Å²) in [6.45, 7) is 1.81. The zero-order valence-corrected chi connectivity index (χ0v) is 21.6. The van der Waals surface area contributed by atoms with Gasteiger partial charge in [-0.2, -0.15) is 5.10 Å². The molecule has 0 saturated carbocycles. The van der Waals surface area contributed by atoms with Crippen LogP contribution in [0.4, 0.5) is 5.69 Å². The van der Waals surface area contributed by atoms with E-state index in [0.717, 1.165) is 13.6 Å². The van der Waals surface area contributed by atoms with Gasteiger partial charge in [0.2, 0.25) is 0 Å². The molecule has 3 rings (SSSR count). The molecule has 0 spiro atoms. The third-order valence-corrected chi connectivity index (χ3v) is 5.75. The van der Waals surface area contributed by atoms with Crippen molar-refractivity contribution in [2.75, 3.05) is 19.0 Å². The molecule has 0 fully saturated rings. The number of ether oxygens (including phenoxy) is 2. The summed E-state index contributed by atoms with van der Waals surface area (Å²) < 4.78 is 12.8. The van der Waals surface area contributed by atoms with E-state index >= 15 is 0 Å². The molecule has 3 aromatic carbocycles. The van der Waals surface area contributed by atoms with Crippen molar-refractivity contribution in [1.82, 2.24) is 5.43 Å². The molecule has 2 N–H and O–H groups in total. The zero-order valence-electron chi connectivity index (χ0n) is 17.9. The molecule has 0 aliphatic carbocycles. The molecule has 170 valence electrons. The number of hydrogen-bond acceptors (Lipinski definition) is 5. The minimum atomic E-state index is -0.319. The molecule has 7 nitrogen and oxygen atoms in total. The van der Waals surface area contributed by atoms with Gasteiger partial charge in [-0.3, -0.25) is 9.59 Å². The van der Waals surface area contributed by atoms with Gasteiger partial charge in [0, 0.05) is 15.7 Å². The van der Waals surface area contributed by atoms with Crippen LogP contribution >= 0.6 is 38.5 Å². The Morgan fingerprint density at radius 3 is 2.45 bits per heavy atom. The van der Waals surface area contributed by atoms with Crippen molar-refractivity contribution >= 4 is 62.2 Å². The van der Waals surface area contributed by atoms with Gasteiger partial charge in [0.05, 0.1) is 16.9 Å². The monoisotopic (exact) mass is 621 g/mol. The fraction of sp³-hybridized carbons (Fsp3) is 0.125. The first-order chi connectivity index (χ1) is 15.9. The Morgan fingerprint density at radius 2 is 1.79 bits per heavy atom. The summed E-state index contributed by atoms with van der Waals surface area (Å²) in [6, 6.07) is 18.0. The molecule has 0 bridgehead atoms. The lowest BCUT2D eigenvalue weighted by atomic mass is 10.2. The summed E-state index contributed by atoms with van der Waals surface area (Å²) in [4.78, 5) is 24.4. The minimum Gasteiger partial charge on any atom is -0.493 e. The molecule has 0 aliphatic rings. The fourth-order valence-corrected chi connectivity index (χ4v) is 3.80. The van der Waals surface area contributed by atoms with Crippen molar-refractivity contribution in [3.05, 3.63) is 85.4 Å². The highest BCUT2D eigenvalue weighted by Crippen LogP contribution is 2.33. The van der Waals surface area contributed by atoms with Gasteiger partial charge in [-0.25, -0.2) is 5.43 Å².